The van der Waals surface area contributed by atoms with Gasteiger partial charge in [0.2, 0.25) is 0 Å². The monoisotopic (exact) mass is 2070 g/mol. The largest absolute Gasteiger partial charge is 0.340 e. The number of imidazole rings is 5. The Morgan fingerprint density at radius 1 is 0.362 bits per heavy atom. The van der Waals surface area contributed by atoms with Crippen LogP contribution in [-0.4, -0.2) is 41.9 Å². The second-order valence-electron chi connectivity index (χ2n) is 25.4. The first-order valence-corrected chi connectivity index (χ1v) is 33.4. The Labute approximate surface area is 655 Å². The molecule has 24 rings (SSSR count). The van der Waals surface area contributed by atoms with Crippen molar-refractivity contribution in [1.82, 2.24) is 41.9 Å². The van der Waals surface area contributed by atoms with Crippen molar-refractivity contribution in [3.8, 4) is 0 Å². The molecule has 0 atom stereocenters. The van der Waals surface area contributed by atoms with Crippen LogP contribution in [0.2, 0.25) is 0 Å². The summed E-state index contributed by atoms with van der Waals surface area (Å²) < 4.78 is 26.9. The predicted octanol–water partition coefficient (Wildman–Crippen LogP) is 21.2. The quantitative estimate of drug-likeness (QED) is 0.0861. The number of fused-ring (bicyclic) bond motifs is 34. The molecule has 0 spiro atoms. The number of aryl methyl sites for hydroxylation is 1. The number of rotatable bonds is 0. The topological polar surface area (TPSA) is 77.5 Å². The first-order valence-electron chi connectivity index (χ1n) is 33.4. The van der Waals surface area contributed by atoms with Gasteiger partial charge in [0.15, 0.2) is 11.0 Å². The number of nitrogens with zero attached hydrogens (tertiary/aromatic N) is 10. The normalized spacial score (nSPS) is 11.5. The van der Waals surface area contributed by atoms with Crippen LogP contribution in [0.1, 0.15) is 18.6 Å². The summed E-state index contributed by atoms with van der Waals surface area (Å²) >= 11 is 0. The van der Waals surface area contributed by atoms with Crippen LogP contribution in [0.15, 0.2) is 298 Å². The molecule has 10 nitrogen and oxygen atoms in total. The van der Waals surface area contributed by atoms with Crippen molar-refractivity contribution in [2.45, 2.75) is 20.9 Å². The van der Waals surface area contributed by atoms with E-state index in [1.807, 2.05) is 89.7 Å². The summed E-state index contributed by atoms with van der Waals surface area (Å²) in [7, 11) is 0. The number of halogens is 1. The van der Waals surface area contributed by atoms with E-state index in [-0.39, 0.29) is 93.7 Å². The van der Waals surface area contributed by atoms with Crippen molar-refractivity contribution in [3.63, 3.8) is 0 Å². The molecular formula is C90H58FIr4N10-3. The van der Waals surface area contributed by atoms with E-state index in [4.69, 9.17) is 9.97 Å². The molecule has 23 aromatic rings. The maximum Gasteiger partial charge on any atom is 0.296 e. The van der Waals surface area contributed by atoms with Gasteiger partial charge in [-0.1, -0.05) is 174 Å². The zero-order valence-corrected chi connectivity index (χ0v) is 64.8. The maximum atomic E-state index is 13.4. The molecule has 0 saturated heterocycles. The second kappa shape index (κ2) is 28.4. The van der Waals surface area contributed by atoms with Gasteiger partial charge >= 0.3 is 0 Å². The van der Waals surface area contributed by atoms with Gasteiger partial charge in [-0.3, -0.25) is 24.3 Å². The van der Waals surface area contributed by atoms with Crippen LogP contribution < -0.4 is 4.57 Å². The van der Waals surface area contributed by atoms with Crippen LogP contribution in [0.5, 0.6) is 0 Å². The third-order valence-electron chi connectivity index (χ3n) is 19.8. The Hall–Kier alpha value is -10.8. The zero-order valence-electron chi connectivity index (χ0n) is 55.2. The van der Waals surface area contributed by atoms with Gasteiger partial charge in [0.1, 0.15) is 12.1 Å². The van der Waals surface area contributed by atoms with Crippen molar-refractivity contribution in [1.29, 1.82) is 0 Å². The van der Waals surface area contributed by atoms with E-state index in [1.54, 1.807) is 12.3 Å². The van der Waals surface area contributed by atoms with E-state index in [9.17, 15) is 4.39 Å². The third kappa shape index (κ3) is 11.2. The number of aromatic nitrogens is 10. The standard InChI is InChI=1S/2C20H13N2.C19H11N2.C15H8FN2.C15H9N2.CH4.4Ir/c1-2-9-16-14(7-1)15-8-5-6-13-12-21-17-10-3-4-11-18(17)22(16)20(21)19(13)15;1-13-10-11-17-19(12-13)22-18-9-5-4-7-15(18)14-6-2-3-8-16(14)20(22)21-17;1-2-9-15-13(7-1)14-8-3-5-11-17(14)21-18-12-6-4-10-16(18)20-19(15)21;16-10-5-6-12-13(9-10)11-3-1-2-4-14(11)18-8-7-17-15(12)18;1-2-7-13-11(5-1)12-6-3-4-8-14(12)17-10-9-16-15(13)17;;;;;/h1-11H,12H2;2-7,9-12H,1H3;1-8,10-12H;1-5,7-9H;1-6,8-10H;1H4;;;;/q+1;4*-1;;;;;. The van der Waals surface area contributed by atoms with E-state index >= 15 is 0 Å². The van der Waals surface area contributed by atoms with Crippen molar-refractivity contribution in [3.05, 3.63) is 339 Å². The first kappa shape index (κ1) is 69.9. The Kier molecular flexibility index (Phi) is 18.9. The van der Waals surface area contributed by atoms with E-state index in [2.05, 4.69) is 257 Å². The molecule has 0 aliphatic carbocycles. The minimum Gasteiger partial charge on any atom is -0.340 e. The molecule has 0 N–H and O–H groups in total. The molecule has 105 heavy (non-hydrogen) atoms. The SMILES string of the molecule is C.Cc1ccc2nc3c4[c-]cccc4c4ccccc4n3c2c1.Fc1c[c-]c2c(c1)c1ccccc1n1ccnc21.[Ir].[Ir].[Ir].[Ir].[c-]1cccc2c1c1nc3ccccc3n1c1ccccc21.[c-]1cccc2c1c1nccn1c1ccccc21.c1cc2c3c(c1)c1ccccc1n1c4ccccc4[n+](c31)C2. The summed E-state index contributed by atoms with van der Waals surface area (Å²) in [5.41, 5.74) is 20.6. The molecular weight excluding hydrogens is 2010 g/mol. The summed E-state index contributed by atoms with van der Waals surface area (Å²) in [5, 5.41) is 17.4. The van der Waals surface area contributed by atoms with E-state index in [0.717, 1.165) is 89.0 Å². The molecule has 0 amide bonds. The number of hydrogen-bond acceptors (Lipinski definition) is 4. The molecule has 0 saturated carbocycles. The molecule has 11 heterocycles. The second-order valence-corrected chi connectivity index (χ2v) is 25.4. The fourth-order valence-corrected chi connectivity index (χ4v) is 15.6. The van der Waals surface area contributed by atoms with Gasteiger partial charge in [0.05, 0.1) is 50.0 Å². The zero-order chi connectivity index (χ0) is 66.1. The Morgan fingerprint density at radius 3 is 1.35 bits per heavy atom. The molecule has 1 aliphatic heterocycles. The molecule has 13 aromatic carbocycles. The minimum atomic E-state index is -0.274. The average Bonchev–Trinajstić information content (AvgIpc) is 1.54. The van der Waals surface area contributed by atoms with Crippen LogP contribution in [0.4, 0.5) is 4.39 Å². The fourth-order valence-electron chi connectivity index (χ4n) is 15.6. The molecule has 514 valence electrons. The van der Waals surface area contributed by atoms with E-state index < -0.39 is 0 Å². The van der Waals surface area contributed by atoms with Crippen LogP contribution in [0, 0.1) is 37.0 Å². The van der Waals surface area contributed by atoms with Crippen LogP contribution in [0.25, 0.3) is 170 Å². The predicted molar refractivity (Wildman–Crippen MR) is 412 cm³/mol. The van der Waals surface area contributed by atoms with Crippen molar-refractivity contribution in [2.24, 2.45) is 0 Å². The number of para-hydroxylation sites is 9. The van der Waals surface area contributed by atoms with Crippen molar-refractivity contribution >= 4 is 170 Å². The molecule has 0 unspecified atom stereocenters. The molecule has 10 aromatic heterocycles. The summed E-state index contributed by atoms with van der Waals surface area (Å²) in [6, 6.07) is 106. The summed E-state index contributed by atoms with van der Waals surface area (Å²) in [6.45, 7) is 3.09. The van der Waals surface area contributed by atoms with Crippen molar-refractivity contribution < 1.29 is 89.4 Å². The van der Waals surface area contributed by atoms with E-state index in [0.29, 0.717) is 0 Å². The molecule has 15 heteroatoms. The Morgan fingerprint density at radius 2 is 0.781 bits per heavy atom. The van der Waals surface area contributed by atoms with Gasteiger partial charge in [0.25, 0.3) is 5.65 Å². The Bertz CT molecular complexity index is 7270. The first-order chi connectivity index (χ1) is 49.5. The third-order valence-corrected chi connectivity index (χ3v) is 19.8. The van der Waals surface area contributed by atoms with Gasteiger partial charge < -0.3 is 17.6 Å². The van der Waals surface area contributed by atoms with Crippen molar-refractivity contribution in [2.75, 3.05) is 0 Å². The molecule has 0 fully saturated rings. The van der Waals surface area contributed by atoms with Crippen LogP contribution >= 0.6 is 0 Å². The average molecular weight is 2070 g/mol. The summed E-state index contributed by atoms with van der Waals surface area (Å²) in [5.74, 6) is -0.274. The molecule has 1 aliphatic rings. The summed E-state index contributed by atoms with van der Waals surface area (Å²) in [6.07, 6.45) is 7.49. The fraction of sp³-hybridized carbons (Fsp3) is 0.0333. The smallest absolute Gasteiger partial charge is 0.296 e. The van der Waals surface area contributed by atoms with Gasteiger partial charge in [0, 0.05) is 149 Å². The van der Waals surface area contributed by atoms with Gasteiger partial charge in [-0.2, -0.15) is 4.40 Å². The maximum absolute atomic E-state index is 13.4. The number of benzene rings is 13. The van der Waals surface area contributed by atoms with Crippen LogP contribution in [-0.2, 0) is 87.0 Å². The summed E-state index contributed by atoms with van der Waals surface area (Å²) in [4.78, 5) is 18.5. The Balaban J connectivity index is 0.000000104. The van der Waals surface area contributed by atoms with Gasteiger partial charge in [-0.05, 0) is 101 Å². The molecule has 0 bridgehead atoms. The minimum absolute atomic E-state index is 0. The van der Waals surface area contributed by atoms with Gasteiger partial charge in [-0.25, -0.2) is 4.57 Å². The van der Waals surface area contributed by atoms with Gasteiger partial charge in [-0.15, -0.1) is 107 Å². The number of pyridine rings is 5. The number of hydrogen-bond donors (Lipinski definition) is 0. The molecule has 4 radical (unpaired) electrons. The van der Waals surface area contributed by atoms with Crippen LogP contribution in [0.3, 0.4) is 0 Å². The van der Waals surface area contributed by atoms with E-state index in [1.165, 1.54) is 104 Å².